The standard InChI is InChI=1S/C22H28FN3O2/c1-6-15(9-11-27-4)26-18-8-10-24-21(22(18)25-20(26)7-2)16-13-17(23)19(28-5)12-14(16)3/h8,10,12-13,15H,6-7,9,11H2,1-5H3. The van der Waals surface area contributed by atoms with Gasteiger partial charge in [0.15, 0.2) is 11.6 Å². The predicted octanol–water partition coefficient (Wildman–Crippen LogP) is 5.10. The maximum Gasteiger partial charge on any atom is 0.165 e. The molecule has 1 aromatic carbocycles. The summed E-state index contributed by atoms with van der Waals surface area (Å²) in [7, 11) is 3.19. The third kappa shape index (κ3) is 3.61. The summed E-state index contributed by atoms with van der Waals surface area (Å²) in [4.78, 5) is 9.47. The van der Waals surface area contributed by atoms with Crippen molar-refractivity contribution in [3.8, 4) is 17.0 Å². The summed E-state index contributed by atoms with van der Waals surface area (Å²) in [5.74, 6) is 0.848. The third-order valence-corrected chi connectivity index (χ3v) is 5.24. The maximum atomic E-state index is 14.4. The fourth-order valence-electron chi connectivity index (χ4n) is 3.76. The lowest BCUT2D eigenvalue weighted by atomic mass is 10.0. The summed E-state index contributed by atoms with van der Waals surface area (Å²) < 4.78 is 27.1. The van der Waals surface area contributed by atoms with Crippen LogP contribution in [0.4, 0.5) is 4.39 Å². The van der Waals surface area contributed by atoms with E-state index in [4.69, 9.17) is 14.5 Å². The van der Waals surface area contributed by atoms with E-state index in [1.165, 1.54) is 13.2 Å². The number of hydrogen-bond donors (Lipinski definition) is 0. The molecule has 3 rings (SSSR count). The van der Waals surface area contributed by atoms with E-state index < -0.39 is 5.82 Å². The minimum Gasteiger partial charge on any atom is -0.494 e. The zero-order valence-corrected chi connectivity index (χ0v) is 17.3. The van der Waals surface area contributed by atoms with Gasteiger partial charge in [0.05, 0.1) is 18.3 Å². The zero-order chi connectivity index (χ0) is 20.3. The van der Waals surface area contributed by atoms with Crippen molar-refractivity contribution < 1.29 is 13.9 Å². The number of methoxy groups -OCH3 is 2. The van der Waals surface area contributed by atoms with E-state index >= 15 is 0 Å². The van der Waals surface area contributed by atoms with Gasteiger partial charge >= 0.3 is 0 Å². The van der Waals surface area contributed by atoms with Crippen LogP contribution >= 0.6 is 0 Å². The molecule has 0 spiro atoms. The Bertz CT molecular complexity index is 968. The van der Waals surface area contributed by atoms with E-state index in [0.717, 1.165) is 47.2 Å². The van der Waals surface area contributed by atoms with Crippen LogP contribution in [0.1, 0.15) is 44.1 Å². The number of ether oxygens (including phenoxy) is 2. The molecule has 0 saturated heterocycles. The minimum absolute atomic E-state index is 0.235. The van der Waals surface area contributed by atoms with E-state index in [1.807, 2.05) is 13.0 Å². The molecule has 0 radical (unpaired) electrons. The van der Waals surface area contributed by atoms with Crippen molar-refractivity contribution >= 4 is 11.0 Å². The van der Waals surface area contributed by atoms with Crippen molar-refractivity contribution in [2.45, 2.75) is 46.1 Å². The average Bonchev–Trinajstić information content (AvgIpc) is 3.09. The summed E-state index contributed by atoms with van der Waals surface area (Å²) >= 11 is 0. The van der Waals surface area contributed by atoms with Crippen molar-refractivity contribution in [1.29, 1.82) is 0 Å². The molecule has 2 heterocycles. The number of aryl methyl sites for hydroxylation is 2. The summed E-state index contributed by atoms with van der Waals surface area (Å²) in [5, 5.41) is 0. The Kier molecular flexibility index (Phi) is 6.29. The first-order valence-corrected chi connectivity index (χ1v) is 9.74. The Labute approximate surface area is 165 Å². The van der Waals surface area contributed by atoms with Crippen LogP contribution in [0.3, 0.4) is 0 Å². The lowest BCUT2D eigenvalue weighted by Crippen LogP contribution is -2.13. The molecule has 0 fully saturated rings. The van der Waals surface area contributed by atoms with Crippen LogP contribution in [0.15, 0.2) is 24.4 Å². The van der Waals surface area contributed by atoms with Crippen LogP contribution in [-0.2, 0) is 11.2 Å². The van der Waals surface area contributed by atoms with Crippen molar-refractivity contribution in [1.82, 2.24) is 14.5 Å². The molecule has 28 heavy (non-hydrogen) atoms. The third-order valence-electron chi connectivity index (χ3n) is 5.24. The van der Waals surface area contributed by atoms with Crippen LogP contribution in [0, 0.1) is 12.7 Å². The smallest absolute Gasteiger partial charge is 0.165 e. The highest BCUT2D eigenvalue weighted by atomic mass is 19.1. The molecule has 0 aliphatic heterocycles. The highest BCUT2D eigenvalue weighted by Gasteiger charge is 2.21. The van der Waals surface area contributed by atoms with Gasteiger partial charge in [-0.15, -0.1) is 0 Å². The second-order valence-electron chi connectivity index (χ2n) is 6.92. The SMILES string of the molecule is CCc1nc2c(-c3cc(F)c(OC)cc3C)nccc2n1C(CC)CCOC. The first-order chi connectivity index (χ1) is 13.5. The first-order valence-electron chi connectivity index (χ1n) is 9.74. The van der Waals surface area contributed by atoms with Crippen LogP contribution in [0.25, 0.3) is 22.3 Å². The van der Waals surface area contributed by atoms with E-state index in [1.54, 1.807) is 19.4 Å². The number of halogens is 1. The van der Waals surface area contributed by atoms with E-state index in [2.05, 4.69) is 23.4 Å². The number of hydrogen-bond acceptors (Lipinski definition) is 4. The van der Waals surface area contributed by atoms with Crippen LogP contribution in [0.2, 0.25) is 0 Å². The monoisotopic (exact) mass is 385 g/mol. The summed E-state index contributed by atoms with van der Waals surface area (Å²) in [6, 6.07) is 5.48. The molecule has 1 atom stereocenters. The van der Waals surface area contributed by atoms with Crippen molar-refractivity contribution in [2.75, 3.05) is 20.8 Å². The summed E-state index contributed by atoms with van der Waals surface area (Å²) in [6.07, 6.45) is 4.49. The number of fused-ring (bicyclic) bond motifs is 1. The van der Waals surface area contributed by atoms with Gasteiger partial charge in [-0.25, -0.2) is 9.37 Å². The Balaban J connectivity index is 2.21. The van der Waals surface area contributed by atoms with E-state index in [9.17, 15) is 4.39 Å². The second-order valence-corrected chi connectivity index (χ2v) is 6.92. The van der Waals surface area contributed by atoms with Crippen molar-refractivity contribution in [3.63, 3.8) is 0 Å². The fraction of sp³-hybridized carbons (Fsp3) is 0.455. The molecule has 0 aliphatic rings. The maximum absolute atomic E-state index is 14.4. The van der Waals surface area contributed by atoms with Crippen molar-refractivity contribution in [2.24, 2.45) is 0 Å². The number of benzene rings is 1. The fourth-order valence-corrected chi connectivity index (χ4v) is 3.76. The van der Waals surface area contributed by atoms with E-state index in [-0.39, 0.29) is 5.75 Å². The number of imidazole rings is 1. The molecule has 6 heteroatoms. The molecule has 3 aromatic rings. The summed E-state index contributed by atoms with van der Waals surface area (Å²) in [5.41, 5.74) is 4.17. The molecule has 1 unspecified atom stereocenters. The van der Waals surface area contributed by atoms with Gasteiger partial charge in [-0.05, 0) is 43.5 Å². The highest BCUT2D eigenvalue weighted by molar-refractivity contribution is 5.91. The molecule has 0 N–H and O–H groups in total. The van der Waals surface area contributed by atoms with Gasteiger partial charge < -0.3 is 14.0 Å². The largest absolute Gasteiger partial charge is 0.494 e. The molecule has 0 saturated carbocycles. The molecule has 2 aromatic heterocycles. The van der Waals surface area contributed by atoms with Crippen LogP contribution in [-0.4, -0.2) is 35.4 Å². The topological polar surface area (TPSA) is 49.2 Å². The Morgan fingerprint density at radius 1 is 1.21 bits per heavy atom. The first kappa shape index (κ1) is 20.3. The molecular weight excluding hydrogens is 357 g/mol. The molecule has 150 valence electrons. The van der Waals surface area contributed by atoms with Gasteiger partial charge in [-0.3, -0.25) is 4.98 Å². The number of rotatable bonds is 8. The van der Waals surface area contributed by atoms with Gasteiger partial charge in [0.2, 0.25) is 0 Å². The van der Waals surface area contributed by atoms with E-state index in [0.29, 0.717) is 18.3 Å². The number of pyridine rings is 1. The molecule has 5 nitrogen and oxygen atoms in total. The zero-order valence-electron chi connectivity index (χ0n) is 17.3. The molecule has 0 bridgehead atoms. The predicted molar refractivity (Wildman–Crippen MR) is 109 cm³/mol. The van der Waals surface area contributed by atoms with Gasteiger partial charge in [0.1, 0.15) is 11.3 Å². The lowest BCUT2D eigenvalue weighted by molar-refractivity contribution is 0.177. The average molecular weight is 385 g/mol. The van der Waals surface area contributed by atoms with Crippen molar-refractivity contribution in [3.05, 3.63) is 41.6 Å². The Morgan fingerprint density at radius 2 is 2.00 bits per heavy atom. The van der Waals surface area contributed by atoms with Crippen LogP contribution in [0.5, 0.6) is 5.75 Å². The lowest BCUT2D eigenvalue weighted by Gasteiger charge is -2.20. The van der Waals surface area contributed by atoms with Gasteiger partial charge in [-0.2, -0.15) is 0 Å². The van der Waals surface area contributed by atoms with Crippen LogP contribution < -0.4 is 4.74 Å². The molecule has 0 aliphatic carbocycles. The Hall–Kier alpha value is -2.47. The highest BCUT2D eigenvalue weighted by Crippen LogP contribution is 2.34. The van der Waals surface area contributed by atoms with Gasteiger partial charge in [0.25, 0.3) is 0 Å². The number of aromatic nitrogens is 3. The van der Waals surface area contributed by atoms with Gasteiger partial charge in [0, 0.05) is 37.9 Å². The molecular formula is C22H28FN3O2. The second kappa shape index (κ2) is 8.69. The quantitative estimate of drug-likeness (QED) is 0.541. The Morgan fingerprint density at radius 3 is 2.64 bits per heavy atom. The molecule has 0 amide bonds. The normalized spacial score (nSPS) is 12.5. The minimum atomic E-state index is -0.399. The number of nitrogens with zero attached hydrogens (tertiary/aromatic N) is 3. The van der Waals surface area contributed by atoms with Gasteiger partial charge in [-0.1, -0.05) is 13.8 Å². The summed E-state index contributed by atoms with van der Waals surface area (Å²) in [6.45, 7) is 6.91.